The minimum Gasteiger partial charge on any atom is -0.493 e. The van der Waals surface area contributed by atoms with Crippen molar-refractivity contribution in [2.45, 2.75) is 32.6 Å². The van der Waals surface area contributed by atoms with Gasteiger partial charge in [-0.15, -0.1) is 0 Å². The number of nitrogens with one attached hydrogen (secondary N) is 2. The number of anilines is 1. The van der Waals surface area contributed by atoms with Crippen LogP contribution in [0.3, 0.4) is 0 Å². The van der Waals surface area contributed by atoms with Crippen molar-refractivity contribution in [2.24, 2.45) is 0 Å². The van der Waals surface area contributed by atoms with Crippen LogP contribution in [-0.4, -0.2) is 30.9 Å². The lowest BCUT2D eigenvalue weighted by atomic mass is 9.86. The van der Waals surface area contributed by atoms with Crippen LogP contribution in [0.4, 0.5) is 5.69 Å². The number of methoxy groups -OCH3 is 2. The maximum absolute atomic E-state index is 12.9. The van der Waals surface area contributed by atoms with Crippen molar-refractivity contribution in [3.8, 4) is 22.8 Å². The summed E-state index contributed by atoms with van der Waals surface area (Å²) in [5.41, 5.74) is 7.13. The van der Waals surface area contributed by atoms with Gasteiger partial charge in [-0.05, 0) is 70.6 Å². The van der Waals surface area contributed by atoms with E-state index < -0.39 is 0 Å². The van der Waals surface area contributed by atoms with E-state index in [1.54, 1.807) is 44.6 Å². The molecule has 5 rings (SSSR count). The molecule has 0 aliphatic carbocycles. The lowest BCUT2D eigenvalue weighted by Gasteiger charge is -2.19. The highest BCUT2D eigenvalue weighted by molar-refractivity contribution is 6.08. The molecule has 0 unspecified atom stereocenters. The summed E-state index contributed by atoms with van der Waals surface area (Å²) in [6.07, 6.45) is 3.62. The lowest BCUT2D eigenvalue weighted by molar-refractivity contribution is -0.115. The summed E-state index contributed by atoms with van der Waals surface area (Å²) in [6.45, 7) is 6.55. The van der Waals surface area contributed by atoms with E-state index in [4.69, 9.17) is 9.47 Å². The highest BCUT2D eigenvalue weighted by Crippen LogP contribution is 2.39. The molecule has 1 aromatic heterocycles. The second-order valence-electron chi connectivity index (χ2n) is 10.3. The number of amides is 1. The van der Waals surface area contributed by atoms with E-state index in [9.17, 15) is 9.59 Å². The van der Waals surface area contributed by atoms with Gasteiger partial charge in [-0.2, -0.15) is 0 Å². The van der Waals surface area contributed by atoms with Crippen LogP contribution in [-0.2, 0) is 16.6 Å². The topological polar surface area (TPSA) is 80.4 Å². The molecular formula is C31H30N2O4. The molecule has 3 aromatic carbocycles. The summed E-state index contributed by atoms with van der Waals surface area (Å²) in [7, 11) is 3.10. The SMILES string of the molecule is COc1ccc(C(=O)/C=C/c2ccc3c(c2)-c2[nH]c4ccc(C(C)(C)C)cc4c2CC(=O)N3)cc1OC. The van der Waals surface area contributed by atoms with Gasteiger partial charge in [0, 0.05) is 22.0 Å². The molecule has 188 valence electrons. The summed E-state index contributed by atoms with van der Waals surface area (Å²) in [4.78, 5) is 29.2. The Kier molecular flexibility index (Phi) is 6.12. The summed E-state index contributed by atoms with van der Waals surface area (Å²) in [5.74, 6) is 0.877. The van der Waals surface area contributed by atoms with Crippen molar-refractivity contribution in [3.05, 3.63) is 82.9 Å². The largest absolute Gasteiger partial charge is 0.493 e. The molecule has 1 aliphatic rings. The van der Waals surface area contributed by atoms with Gasteiger partial charge in [0.15, 0.2) is 17.3 Å². The third-order valence-corrected chi connectivity index (χ3v) is 6.79. The van der Waals surface area contributed by atoms with Gasteiger partial charge in [-0.25, -0.2) is 0 Å². The zero-order valence-electron chi connectivity index (χ0n) is 21.7. The van der Waals surface area contributed by atoms with Crippen LogP contribution in [0, 0.1) is 0 Å². The molecule has 0 spiro atoms. The molecule has 37 heavy (non-hydrogen) atoms. The number of aromatic nitrogens is 1. The second-order valence-corrected chi connectivity index (χ2v) is 10.3. The Morgan fingerprint density at radius 1 is 0.946 bits per heavy atom. The molecule has 2 N–H and O–H groups in total. The second kappa shape index (κ2) is 9.28. The fourth-order valence-electron chi connectivity index (χ4n) is 4.72. The molecule has 0 atom stereocenters. The van der Waals surface area contributed by atoms with Crippen LogP contribution in [0.15, 0.2) is 60.7 Å². The van der Waals surface area contributed by atoms with Gasteiger partial charge in [0.25, 0.3) is 0 Å². The van der Waals surface area contributed by atoms with Crippen molar-refractivity contribution in [3.63, 3.8) is 0 Å². The maximum atomic E-state index is 12.9. The highest BCUT2D eigenvalue weighted by Gasteiger charge is 2.24. The normalized spacial score (nSPS) is 13.2. The quantitative estimate of drug-likeness (QED) is 0.244. The minimum absolute atomic E-state index is 0.00163. The van der Waals surface area contributed by atoms with Gasteiger partial charge >= 0.3 is 0 Å². The number of hydrogen-bond donors (Lipinski definition) is 2. The Hall–Kier alpha value is -4.32. The summed E-state index contributed by atoms with van der Waals surface area (Å²) >= 11 is 0. The molecule has 4 aromatic rings. The van der Waals surface area contributed by atoms with E-state index in [-0.39, 0.29) is 17.1 Å². The number of ketones is 1. The number of carbonyl (C=O) groups is 2. The third kappa shape index (κ3) is 4.62. The number of fused-ring (bicyclic) bond motifs is 5. The van der Waals surface area contributed by atoms with Gasteiger partial charge in [0.05, 0.1) is 32.0 Å². The van der Waals surface area contributed by atoms with E-state index in [1.807, 2.05) is 18.2 Å². The number of aromatic amines is 1. The number of H-pyrrole nitrogens is 1. The molecule has 1 aliphatic heterocycles. The number of allylic oxidation sites excluding steroid dienone is 1. The lowest BCUT2D eigenvalue weighted by Crippen LogP contribution is -2.13. The Morgan fingerprint density at radius 2 is 1.73 bits per heavy atom. The average Bonchev–Trinajstić information content (AvgIpc) is 3.17. The van der Waals surface area contributed by atoms with Crippen LogP contribution in [0.1, 0.15) is 47.8 Å². The number of carbonyl (C=O) groups excluding carboxylic acids is 2. The Bertz CT molecular complexity index is 1570. The Balaban J connectivity index is 1.53. The summed E-state index contributed by atoms with van der Waals surface area (Å²) < 4.78 is 10.6. The number of rotatable bonds is 5. The summed E-state index contributed by atoms with van der Waals surface area (Å²) in [5, 5.41) is 4.10. The van der Waals surface area contributed by atoms with Crippen LogP contribution in [0.5, 0.6) is 11.5 Å². The molecule has 6 nitrogen and oxygen atoms in total. The zero-order valence-corrected chi connectivity index (χ0v) is 21.7. The Labute approximate surface area is 216 Å². The minimum atomic E-state index is -0.148. The van der Waals surface area contributed by atoms with E-state index in [0.29, 0.717) is 23.5 Å². The first-order valence-corrected chi connectivity index (χ1v) is 12.2. The zero-order chi connectivity index (χ0) is 26.3. The van der Waals surface area contributed by atoms with Crippen LogP contribution < -0.4 is 14.8 Å². The predicted octanol–water partition coefficient (Wildman–Crippen LogP) is 6.54. The van der Waals surface area contributed by atoms with Crippen molar-refractivity contribution < 1.29 is 19.1 Å². The van der Waals surface area contributed by atoms with E-state index >= 15 is 0 Å². The van der Waals surface area contributed by atoms with E-state index in [1.165, 1.54) is 5.56 Å². The molecular weight excluding hydrogens is 464 g/mol. The molecule has 0 saturated carbocycles. The van der Waals surface area contributed by atoms with E-state index in [0.717, 1.165) is 39.0 Å². The first kappa shape index (κ1) is 24.4. The predicted molar refractivity (Wildman–Crippen MR) is 148 cm³/mol. The van der Waals surface area contributed by atoms with Gasteiger partial charge in [-0.3, -0.25) is 9.59 Å². The standard InChI is InChI=1S/C31H30N2O4/c1-31(2,3)20-9-11-24-21(16-20)22-17-29(35)32-25-10-6-18(14-23(25)30(22)33-24)7-12-26(34)19-8-13-27(36-4)28(15-19)37-5/h6-16,33H,17H2,1-5H3,(H,32,35)/b12-7+. The first-order chi connectivity index (χ1) is 17.7. The van der Waals surface area contributed by atoms with Crippen molar-refractivity contribution in [1.82, 2.24) is 4.98 Å². The average molecular weight is 495 g/mol. The maximum Gasteiger partial charge on any atom is 0.228 e. The van der Waals surface area contributed by atoms with Gasteiger partial charge in [0.2, 0.25) is 5.91 Å². The fourth-order valence-corrected chi connectivity index (χ4v) is 4.72. The molecule has 2 heterocycles. The monoisotopic (exact) mass is 494 g/mol. The number of benzene rings is 3. The summed E-state index contributed by atoms with van der Waals surface area (Å²) in [6, 6.07) is 17.3. The third-order valence-electron chi connectivity index (χ3n) is 6.79. The Morgan fingerprint density at radius 3 is 2.46 bits per heavy atom. The van der Waals surface area contributed by atoms with Crippen LogP contribution in [0.2, 0.25) is 0 Å². The molecule has 0 fully saturated rings. The van der Waals surface area contributed by atoms with Gasteiger partial charge < -0.3 is 19.8 Å². The van der Waals surface area contributed by atoms with Crippen LogP contribution >= 0.6 is 0 Å². The van der Waals surface area contributed by atoms with Gasteiger partial charge in [0.1, 0.15) is 0 Å². The smallest absolute Gasteiger partial charge is 0.228 e. The number of ether oxygens (including phenoxy) is 2. The first-order valence-electron chi connectivity index (χ1n) is 12.2. The van der Waals surface area contributed by atoms with Crippen molar-refractivity contribution >= 4 is 34.4 Å². The van der Waals surface area contributed by atoms with Crippen LogP contribution in [0.25, 0.3) is 28.2 Å². The molecule has 0 saturated heterocycles. The van der Waals surface area contributed by atoms with Crippen molar-refractivity contribution in [1.29, 1.82) is 0 Å². The van der Waals surface area contributed by atoms with E-state index in [2.05, 4.69) is 49.3 Å². The fraction of sp³-hybridized carbons (Fsp3) is 0.226. The molecule has 1 amide bonds. The number of hydrogen-bond acceptors (Lipinski definition) is 4. The molecule has 0 radical (unpaired) electrons. The van der Waals surface area contributed by atoms with Gasteiger partial charge in [-0.1, -0.05) is 39.0 Å². The molecule has 6 heteroatoms. The molecule has 0 bridgehead atoms. The van der Waals surface area contributed by atoms with Crippen molar-refractivity contribution in [2.75, 3.05) is 19.5 Å². The highest BCUT2D eigenvalue weighted by atomic mass is 16.5.